The van der Waals surface area contributed by atoms with Crippen LogP contribution in [0.25, 0.3) is 10.7 Å². The Labute approximate surface area is 97.5 Å². The Hall–Kier alpha value is -1.68. The Morgan fingerprint density at radius 1 is 1.62 bits per heavy atom. The highest BCUT2D eigenvalue weighted by Gasteiger charge is 2.08. The molecule has 2 aromatic heterocycles. The quantitative estimate of drug-likeness (QED) is 0.826. The third kappa shape index (κ3) is 1.97. The molecule has 1 N–H and O–H groups in total. The molecule has 0 unspecified atom stereocenters. The zero-order valence-corrected chi connectivity index (χ0v) is 9.80. The highest BCUT2D eigenvalue weighted by atomic mass is 32.1. The molecule has 0 aliphatic rings. The van der Waals surface area contributed by atoms with Gasteiger partial charge >= 0.3 is 0 Å². The minimum absolute atomic E-state index is 0.0733. The zero-order valence-electron chi connectivity index (χ0n) is 8.99. The van der Waals surface area contributed by atoms with Crippen LogP contribution in [0.1, 0.15) is 11.3 Å². The van der Waals surface area contributed by atoms with Gasteiger partial charge in [-0.05, 0) is 24.8 Å². The van der Waals surface area contributed by atoms with E-state index in [0.717, 1.165) is 10.6 Å². The number of hydrogen-bond donors (Lipinski definition) is 1. The number of aromatic nitrogens is 2. The normalized spacial score (nSPS) is 10.3. The van der Waals surface area contributed by atoms with Crippen LogP contribution in [0.15, 0.2) is 35.0 Å². The molecule has 0 aliphatic heterocycles. The number of thiophene rings is 1. The fourth-order valence-electron chi connectivity index (χ4n) is 1.53. The summed E-state index contributed by atoms with van der Waals surface area (Å²) < 4.78 is 0. The first kappa shape index (κ1) is 10.8. The van der Waals surface area contributed by atoms with Crippen molar-refractivity contribution in [2.24, 2.45) is 0 Å². The number of aryl methyl sites for hydroxylation is 1. The van der Waals surface area contributed by atoms with Crippen LogP contribution in [0.3, 0.4) is 0 Å². The van der Waals surface area contributed by atoms with Gasteiger partial charge in [0, 0.05) is 11.3 Å². The summed E-state index contributed by atoms with van der Waals surface area (Å²) in [6.45, 7) is 5.48. The maximum atomic E-state index is 11.8. The minimum atomic E-state index is -0.0733. The smallest absolute Gasteiger partial charge is 0.254 e. The van der Waals surface area contributed by atoms with E-state index in [4.69, 9.17) is 0 Å². The number of nitrogens with zero attached hydrogens (tertiary/aromatic N) is 1. The molecule has 3 nitrogen and oxygen atoms in total. The van der Waals surface area contributed by atoms with Crippen LogP contribution in [-0.2, 0) is 6.42 Å². The van der Waals surface area contributed by atoms with Crippen LogP contribution < -0.4 is 5.56 Å². The van der Waals surface area contributed by atoms with Gasteiger partial charge in [0.2, 0.25) is 0 Å². The van der Waals surface area contributed by atoms with E-state index in [-0.39, 0.29) is 5.56 Å². The van der Waals surface area contributed by atoms with Crippen LogP contribution in [0.4, 0.5) is 0 Å². The highest BCUT2D eigenvalue weighted by molar-refractivity contribution is 7.13. The summed E-state index contributed by atoms with van der Waals surface area (Å²) in [6, 6.07) is 3.88. The Morgan fingerprint density at radius 3 is 3.00 bits per heavy atom. The lowest BCUT2D eigenvalue weighted by molar-refractivity contribution is 1.00. The number of H-pyrrole nitrogens is 1. The van der Waals surface area contributed by atoms with Crippen molar-refractivity contribution < 1.29 is 0 Å². The molecule has 0 spiro atoms. The Bertz CT molecular complexity index is 555. The van der Waals surface area contributed by atoms with E-state index in [9.17, 15) is 4.79 Å². The van der Waals surface area contributed by atoms with Crippen molar-refractivity contribution in [1.82, 2.24) is 9.97 Å². The maximum Gasteiger partial charge on any atom is 0.254 e. The van der Waals surface area contributed by atoms with Crippen LogP contribution in [0, 0.1) is 6.92 Å². The summed E-state index contributed by atoms with van der Waals surface area (Å²) >= 11 is 1.56. The lowest BCUT2D eigenvalue weighted by atomic mass is 10.1. The van der Waals surface area contributed by atoms with E-state index in [1.165, 1.54) is 0 Å². The second kappa shape index (κ2) is 4.45. The van der Waals surface area contributed by atoms with Gasteiger partial charge in [0.25, 0.3) is 5.56 Å². The van der Waals surface area contributed by atoms with Gasteiger partial charge < -0.3 is 4.98 Å². The largest absolute Gasteiger partial charge is 0.306 e. The molecule has 16 heavy (non-hydrogen) atoms. The molecule has 0 fully saturated rings. The molecule has 0 saturated carbocycles. The first-order valence-corrected chi connectivity index (χ1v) is 5.85. The molecule has 0 saturated heterocycles. The SMILES string of the molecule is C=CCc1c(C)nc(-c2cccs2)[nH]c1=O. The summed E-state index contributed by atoms with van der Waals surface area (Å²) in [5.41, 5.74) is 1.39. The van der Waals surface area contributed by atoms with Gasteiger partial charge in [0.1, 0.15) is 5.82 Å². The van der Waals surface area contributed by atoms with Gasteiger partial charge in [0.05, 0.1) is 4.88 Å². The number of hydrogen-bond acceptors (Lipinski definition) is 3. The van der Waals surface area contributed by atoms with E-state index in [1.54, 1.807) is 17.4 Å². The summed E-state index contributed by atoms with van der Waals surface area (Å²) in [6.07, 6.45) is 2.27. The lowest BCUT2D eigenvalue weighted by Gasteiger charge is -2.03. The van der Waals surface area contributed by atoms with Crippen molar-refractivity contribution in [1.29, 1.82) is 0 Å². The number of rotatable bonds is 3. The molecule has 0 aromatic carbocycles. The molecule has 0 radical (unpaired) electrons. The van der Waals surface area contributed by atoms with Crippen molar-refractivity contribution in [3.63, 3.8) is 0 Å². The average molecular weight is 232 g/mol. The molecule has 2 aromatic rings. The molecular weight excluding hydrogens is 220 g/mol. The Balaban J connectivity index is 2.53. The molecule has 0 atom stereocenters. The Kier molecular flexibility index (Phi) is 3.01. The topological polar surface area (TPSA) is 45.8 Å². The van der Waals surface area contributed by atoms with Crippen LogP contribution in [0.5, 0.6) is 0 Å². The predicted molar refractivity (Wildman–Crippen MR) is 66.8 cm³/mol. The molecule has 0 amide bonds. The fraction of sp³-hybridized carbons (Fsp3) is 0.167. The third-order valence-electron chi connectivity index (χ3n) is 2.33. The van der Waals surface area contributed by atoms with E-state index in [0.29, 0.717) is 17.8 Å². The summed E-state index contributed by atoms with van der Waals surface area (Å²) in [5.74, 6) is 0.644. The summed E-state index contributed by atoms with van der Waals surface area (Å²) in [7, 11) is 0. The summed E-state index contributed by atoms with van der Waals surface area (Å²) in [4.78, 5) is 20.0. The van der Waals surface area contributed by atoms with Gasteiger partial charge in [-0.15, -0.1) is 17.9 Å². The van der Waals surface area contributed by atoms with Crippen molar-refractivity contribution >= 4 is 11.3 Å². The standard InChI is InChI=1S/C12H12N2OS/c1-3-5-9-8(2)13-11(14-12(9)15)10-6-4-7-16-10/h3-4,6-7H,1,5H2,2H3,(H,13,14,15). The lowest BCUT2D eigenvalue weighted by Crippen LogP contribution is -2.16. The molecular formula is C12H12N2OS. The molecule has 4 heteroatoms. The number of nitrogens with one attached hydrogen (secondary N) is 1. The van der Waals surface area contributed by atoms with Gasteiger partial charge in [-0.2, -0.15) is 0 Å². The average Bonchev–Trinajstić information content (AvgIpc) is 2.76. The van der Waals surface area contributed by atoms with E-state index in [2.05, 4.69) is 16.5 Å². The number of aromatic amines is 1. The zero-order chi connectivity index (χ0) is 11.5. The van der Waals surface area contributed by atoms with E-state index in [1.807, 2.05) is 24.4 Å². The second-order valence-corrected chi connectivity index (χ2v) is 4.40. The van der Waals surface area contributed by atoms with E-state index < -0.39 is 0 Å². The van der Waals surface area contributed by atoms with Gasteiger partial charge in [-0.1, -0.05) is 12.1 Å². The molecule has 0 aliphatic carbocycles. The fourth-order valence-corrected chi connectivity index (χ4v) is 2.19. The Morgan fingerprint density at radius 2 is 2.44 bits per heavy atom. The van der Waals surface area contributed by atoms with Crippen LogP contribution in [0.2, 0.25) is 0 Å². The van der Waals surface area contributed by atoms with E-state index >= 15 is 0 Å². The van der Waals surface area contributed by atoms with Crippen molar-refractivity contribution in [2.45, 2.75) is 13.3 Å². The van der Waals surface area contributed by atoms with Crippen molar-refractivity contribution in [2.75, 3.05) is 0 Å². The first-order valence-electron chi connectivity index (χ1n) is 4.97. The second-order valence-electron chi connectivity index (χ2n) is 3.45. The molecule has 0 bridgehead atoms. The highest BCUT2D eigenvalue weighted by Crippen LogP contribution is 2.20. The van der Waals surface area contributed by atoms with Gasteiger partial charge in [-0.25, -0.2) is 4.98 Å². The first-order chi connectivity index (χ1) is 7.72. The van der Waals surface area contributed by atoms with Gasteiger partial charge in [-0.3, -0.25) is 4.79 Å². The minimum Gasteiger partial charge on any atom is -0.306 e. The predicted octanol–water partition coefficient (Wildman–Crippen LogP) is 2.54. The van der Waals surface area contributed by atoms with Crippen molar-refractivity contribution in [3.05, 3.63) is 51.8 Å². The molecule has 82 valence electrons. The van der Waals surface area contributed by atoms with Crippen LogP contribution >= 0.6 is 11.3 Å². The van der Waals surface area contributed by atoms with Crippen LogP contribution in [-0.4, -0.2) is 9.97 Å². The van der Waals surface area contributed by atoms with Crippen molar-refractivity contribution in [3.8, 4) is 10.7 Å². The monoisotopic (exact) mass is 232 g/mol. The summed E-state index contributed by atoms with van der Waals surface area (Å²) in [5, 5.41) is 1.96. The maximum absolute atomic E-state index is 11.8. The number of allylic oxidation sites excluding steroid dienone is 1. The van der Waals surface area contributed by atoms with Gasteiger partial charge in [0.15, 0.2) is 0 Å². The third-order valence-corrected chi connectivity index (χ3v) is 3.20. The molecule has 2 heterocycles. The molecule has 2 rings (SSSR count).